The van der Waals surface area contributed by atoms with Gasteiger partial charge < -0.3 is 9.90 Å². The summed E-state index contributed by atoms with van der Waals surface area (Å²) in [5, 5.41) is 16.7. The summed E-state index contributed by atoms with van der Waals surface area (Å²) in [7, 11) is 0. The Balaban J connectivity index is 2.40. The van der Waals surface area contributed by atoms with E-state index < -0.39 is 5.97 Å². The first-order chi connectivity index (χ1) is 10.1. The molecule has 0 saturated carbocycles. The molecule has 0 amide bonds. The molecule has 0 N–H and O–H groups in total. The molecule has 0 unspecified atom stereocenters. The van der Waals surface area contributed by atoms with Gasteiger partial charge in [-0.2, -0.15) is 9.78 Å². The van der Waals surface area contributed by atoms with E-state index in [1.165, 1.54) is 12.1 Å². The first-order valence-electron chi connectivity index (χ1n) is 6.39. The van der Waals surface area contributed by atoms with Crippen LogP contribution in [-0.2, 0) is 0 Å². The van der Waals surface area contributed by atoms with Gasteiger partial charge in [-0.15, -0.1) is 0 Å². The number of aromatic nitrogens is 2. The fourth-order valence-corrected chi connectivity index (χ4v) is 2.34. The number of carboxylic acid groups (broad SMARTS) is 1. The lowest BCUT2D eigenvalue weighted by Crippen LogP contribution is -2.28. The van der Waals surface area contributed by atoms with Crippen molar-refractivity contribution < 1.29 is 9.90 Å². The van der Waals surface area contributed by atoms with E-state index in [1.54, 1.807) is 31.2 Å². The summed E-state index contributed by atoms with van der Waals surface area (Å²) in [5.74, 6) is -1.34. The Labute approximate surface area is 120 Å². The number of para-hydroxylation sites is 1. The van der Waals surface area contributed by atoms with Crippen molar-refractivity contribution in [3.8, 4) is 5.69 Å². The minimum Gasteiger partial charge on any atom is -0.545 e. The van der Waals surface area contributed by atoms with Crippen LogP contribution in [0.25, 0.3) is 16.5 Å². The third-order valence-electron chi connectivity index (χ3n) is 3.34. The molecule has 0 aliphatic heterocycles. The van der Waals surface area contributed by atoms with E-state index in [4.69, 9.17) is 0 Å². The maximum absolute atomic E-state index is 12.5. The van der Waals surface area contributed by atoms with E-state index in [-0.39, 0.29) is 16.8 Å². The molecule has 1 heterocycles. The second-order valence-electron chi connectivity index (χ2n) is 4.65. The van der Waals surface area contributed by atoms with Crippen molar-refractivity contribution in [2.24, 2.45) is 0 Å². The van der Waals surface area contributed by atoms with E-state index in [0.29, 0.717) is 11.1 Å². The molecule has 0 spiro atoms. The Kier molecular flexibility index (Phi) is 3.02. The number of carbonyl (C=O) groups is 1. The molecule has 0 radical (unpaired) electrons. The monoisotopic (exact) mass is 279 g/mol. The Hall–Kier alpha value is -2.95. The van der Waals surface area contributed by atoms with Gasteiger partial charge in [0.2, 0.25) is 0 Å². The normalized spacial score (nSPS) is 10.7. The number of carboxylic acids is 1. The van der Waals surface area contributed by atoms with Crippen LogP contribution >= 0.6 is 0 Å². The van der Waals surface area contributed by atoms with Crippen LogP contribution in [0.1, 0.15) is 16.1 Å². The lowest BCUT2D eigenvalue weighted by atomic mass is 10.1. The molecule has 21 heavy (non-hydrogen) atoms. The van der Waals surface area contributed by atoms with E-state index in [1.807, 2.05) is 12.1 Å². The molecule has 0 bridgehead atoms. The highest BCUT2D eigenvalue weighted by Gasteiger charge is 2.12. The first-order valence-corrected chi connectivity index (χ1v) is 6.39. The molecule has 5 nitrogen and oxygen atoms in total. The molecule has 0 atom stereocenters. The number of aromatic carboxylic acids is 1. The quantitative estimate of drug-likeness (QED) is 0.703. The standard InChI is InChI=1S/C16H12N2O3/c1-10-11-6-2-3-7-12(11)15(19)18(17-10)14-9-5-4-8-13(14)16(20)21/h2-9H,1H3,(H,20,21)/p-1. The van der Waals surface area contributed by atoms with E-state index in [0.717, 1.165) is 10.1 Å². The average Bonchev–Trinajstić information content (AvgIpc) is 2.51. The van der Waals surface area contributed by atoms with Crippen molar-refractivity contribution in [2.45, 2.75) is 6.92 Å². The molecule has 0 aliphatic carbocycles. The lowest BCUT2D eigenvalue weighted by Gasteiger charge is -2.13. The van der Waals surface area contributed by atoms with Gasteiger partial charge in [0.15, 0.2) is 0 Å². The van der Waals surface area contributed by atoms with Crippen LogP contribution in [0.15, 0.2) is 53.3 Å². The van der Waals surface area contributed by atoms with Crippen LogP contribution in [0.3, 0.4) is 0 Å². The number of hydrogen-bond donors (Lipinski definition) is 0. The van der Waals surface area contributed by atoms with Crippen molar-refractivity contribution in [3.05, 3.63) is 70.1 Å². The zero-order chi connectivity index (χ0) is 15.0. The van der Waals surface area contributed by atoms with E-state index in [9.17, 15) is 14.7 Å². The van der Waals surface area contributed by atoms with Crippen LogP contribution in [-0.4, -0.2) is 15.7 Å². The van der Waals surface area contributed by atoms with Crippen LogP contribution in [0, 0.1) is 6.92 Å². The van der Waals surface area contributed by atoms with Gasteiger partial charge in [-0.3, -0.25) is 4.79 Å². The minimum atomic E-state index is -1.34. The van der Waals surface area contributed by atoms with Crippen molar-refractivity contribution >= 4 is 16.7 Å². The van der Waals surface area contributed by atoms with Crippen LogP contribution in [0.4, 0.5) is 0 Å². The summed E-state index contributed by atoms with van der Waals surface area (Å²) in [5.41, 5.74) is 0.432. The Morgan fingerprint density at radius 1 is 1.05 bits per heavy atom. The molecule has 5 heteroatoms. The van der Waals surface area contributed by atoms with Gasteiger partial charge in [0.1, 0.15) is 0 Å². The minimum absolute atomic E-state index is 0.0678. The summed E-state index contributed by atoms with van der Waals surface area (Å²) in [6, 6.07) is 13.3. The molecule has 0 aliphatic rings. The number of aryl methyl sites for hydroxylation is 1. The molecular weight excluding hydrogens is 268 g/mol. The van der Waals surface area contributed by atoms with Gasteiger partial charge in [-0.25, -0.2) is 0 Å². The predicted octanol–water partition coefficient (Wildman–Crippen LogP) is 1.06. The maximum atomic E-state index is 12.5. The zero-order valence-electron chi connectivity index (χ0n) is 11.2. The van der Waals surface area contributed by atoms with Crippen LogP contribution in [0.2, 0.25) is 0 Å². The van der Waals surface area contributed by atoms with Crippen LogP contribution in [0.5, 0.6) is 0 Å². The summed E-state index contributed by atoms with van der Waals surface area (Å²) < 4.78 is 1.11. The van der Waals surface area contributed by atoms with Gasteiger partial charge >= 0.3 is 0 Å². The third-order valence-corrected chi connectivity index (χ3v) is 3.34. The lowest BCUT2D eigenvalue weighted by molar-refractivity contribution is -0.255. The van der Waals surface area contributed by atoms with Crippen molar-refractivity contribution in [2.75, 3.05) is 0 Å². The zero-order valence-corrected chi connectivity index (χ0v) is 11.2. The van der Waals surface area contributed by atoms with Crippen molar-refractivity contribution in [1.82, 2.24) is 9.78 Å². The van der Waals surface area contributed by atoms with Gasteiger partial charge in [-0.1, -0.05) is 36.4 Å². The summed E-state index contributed by atoms with van der Waals surface area (Å²) in [6.45, 7) is 1.78. The number of benzene rings is 2. The average molecular weight is 279 g/mol. The number of carbonyl (C=O) groups excluding carboxylic acids is 1. The van der Waals surface area contributed by atoms with Gasteiger partial charge in [0.05, 0.1) is 22.7 Å². The Morgan fingerprint density at radius 3 is 2.38 bits per heavy atom. The fourth-order valence-electron chi connectivity index (χ4n) is 2.34. The number of nitrogens with zero attached hydrogens (tertiary/aromatic N) is 2. The summed E-state index contributed by atoms with van der Waals surface area (Å²) in [6.07, 6.45) is 0. The van der Waals surface area contributed by atoms with Gasteiger partial charge in [0.25, 0.3) is 5.56 Å². The molecule has 0 saturated heterocycles. The molecule has 1 aromatic heterocycles. The maximum Gasteiger partial charge on any atom is 0.279 e. The number of hydrogen-bond acceptors (Lipinski definition) is 4. The molecule has 3 rings (SSSR count). The molecule has 0 fully saturated rings. The first kappa shape index (κ1) is 13.1. The Morgan fingerprint density at radius 2 is 1.67 bits per heavy atom. The highest BCUT2D eigenvalue weighted by atomic mass is 16.4. The van der Waals surface area contributed by atoms with Crippen LogP contribution < -0.4 is 10.7 Å². The van der Waals surface area contributed by atoms with E-state index in [2.05, 4.69) is 5.10 Å². The predicted molar refractivity (Wildman–Crippen MR) is 76.4 cm³/mol. The summed E-state index contributed by atoms with van der Waals surface area (Å²) in [4.78, 5) is 23.7. The van der Waals surface area contributed by atoms with E-state index >= 15 is 0 Å². The van der Waals surface area contributed by atoms with Gasteiger partial charge in [-0.05, 0) is 19.1 Å². The third kappa shape index (κ3) is 2.08. The van der Waals surface area contributed by atoms with Crippen molar-refractivity contribution in [3.63, 3.8) is 0 Å². The smallest absolute Gasteiger partial charge is 0.279 e. The molecule has 104 valence electrons. The Bertz CT molecular complexity index is 913. The number of fused-ring (bicyclic) bond motifs is 1. The molecular formula is C16H11N2O3-. The SMILES string of the molecule is Cc1nn(-c2ccccc2C(=O)[O-])c(=O)c2ccccc12. The number of rotatable bonds is 2. The second kappa shape index (κ2) is 4.86. The summed E-state index contributed by atoms with van der Waals surface area (Å²) >= 11 is 0. The largest absolute Gasteiger partial charge is 0.545 e. The molecule has 2 aromatic carbocycles. The fraction of sp³-hybridized carbons (Fsp3) is 0.0625. The van der Waals surface area contributed by atoms with Gasteiger partial charge in [0, 0.05) is 10.9 Å². The topological polar surface area (TPSA) is 75.0 Å². The van der Waals surface area contributed by atoms with Crippen molar-refractivity contribution in [1.29, 1.82) is 0 Å². The molecule has 3 aromatic rings. The highest BCUT2D eigenvalue weighted by Crippen LogP contribution is 2.16. The highest BCUT2D eigenvalue weighted by molar-refractivity contribution is 5.90. The second-order valence-corrected chi connectivity index (χ2v) is 4.65.